The third kappa shape index (κ3) is 3.23. The van der Waals surface area contributed by atoms with Crippen LogP contribution in [0.25, 0.3) is 0 Å². The minimum absolute atomic E-state index is 0.0570. The molecule has 0 heterocycles. The van der Waals surface area contributed by atoms with E-state index in [9.17, 15) is 14.9 Å². The lowest BCUT2D eigenvalue weighted by atomic mass is 10.1. The lowest BCUT2D eigenvalue weighted by molar-refractivity contribution is -0.385. The van der Waals surface area contributed by atoms with E-state index in [1.54, 1.807) is 13.0 Å². The Morgan fingerprint density at radius 1 is 1.53 bits per heavy atom. The summed E-state index contributed by atoms with van der Waals surface area (Å²) in [5.41, 5.74) is 0.302. The maximum Gasteiger partial charge on any atom is 0.271 e. The Bertz CT molecular complexity index is 420. The summed E-state index contributed by atoms with van der Waals surface area (Å²) >= 11 is 5.09. The van der Waals surface area contributed by atoms with Crippen molar-refractivity contribution < 1.29 is 9.72 Å². The van der Waals surface area contributed by atoms with Crippen molar-refractivity contribution in [3.05, 3.63) is 37.4 Å². The molecular weight excluding hydrogens is 377 g/mol. The van der Waals surface area contributed by atoms with E-state index >= 15 is 0 Å². The molecule has 0 bridgehead atoms. The molecule has 1 atom stereocenters. The van der Waals surface area contributed by atoms with Crippen molar-refractivity contribution in [2.24, 2.45) is 0 Å². The summed E-state index contributed by atoms with van der Waals surface area (Å²) in [7, 11) is 0. The number of Topliss-reactive ketones (excluding diaryl/α,β-unsaturated/α-hetero) is 1. The van der Waals surface area contributed by atoms with Gasteiger partial charge >= 0.3 is 0 Å². The maximum absolute atomic E-state index is 11.6. The maximum atomic E-state index is 11.6. The van der Waals surface area contributed by atoms with Gasteiger partial charge < -0.3 is 0 Å². The van der Waals surface area contributed by atoms with Gasteiger partial charge in [-0.1, -0.05) is 15.9 Å². The topological polar surface area (TPSA) is 60.2 Å². The van der Waals surface area contributed by atoms with Gasteiger partial charge in [-0.2, -0.15) is 0 Å². The Morgan fingerprint density at radius 3 is 2.60 bits per heavy atom. The van der Waals surface area contributed by atoms with Crippen molar-refractivity contribution in [3.8, 4) is 0 Å². The van der Waals surface area contributed by atoms with E-state index in [1.165, 1.54) is 12.1 Å². The van der Waals surface area contributed by atoms with E-state index in [4.69, 9.17) is 0 Å². The highest BCUT2D eigenvalue weighted by Crippen LogP contribution is 2.20. The number of benzene rings is 1. The second-order valence-electron chi connectivity index (χ2n) is 2.94. The van der Waals surface area contributed by atoms with Gasteiger partial charge in [0.15, 0.2) is 5.78 Å². The van der Waals surface area contributed by atoms with E-state index in [-0.39, 0.29) is 16.3 Å². The van der Waals surface area contributed by atoms with Gasteiger partial charge in [0, 0.05) is 21.3 Å². The number of non-ortho nitro benzene ring substituents is 1. The Kier molecular flexibility index (Phi) is 4.21. The van der Waals surface area contributed by atoms with Crippen LogP contribution in [-0.4, -0.2) is 15.5 Å². The number of nitro benzene ring substituents is 1. The van der Waals surface area contributed by atoms with E-state index < -0.39 is 4.92 Å². The van der Waals surface area contributed by atoms with Gasteiger partial charge in [0.25, 0.3) is 5.69 Å². The third-order valence-electron chi connectivity index (χ3n) is 1.74. The summed E-state index contributed by atoms with van der Waals surface area (Å²) in [4.78, 5) is 21.3. The fourth-order valence-corrected chi connectivity index (χ4v) is 1.97. The van der Waals surface area contributed by atoms with Crippen LogP contribution in [-0.2, 0) is 0 Å². The Hall–Kier alpha value is -0.500. The SMILES string of the molecule is CC(Br)C(=O)c1cc(I)cc([N+](=O)[O-])c1. The molecule has 1 aromatic rings. The van der Waals surface area contributed by atoms with E-state index in [0.717, 1.165) is 0 Å². The molecule has 0 amide bonds. The number of nitro groups is 1. The zero-order valence-corrected chi connectivity index (χ0v) is 11.5. The Labute approximate surface area is 108 Å². The molecule has 0 saturated carbocycles. The van der Waals surface area contributed by atoms with Gasteiger partial charge in [-0.25, -0.2) is 0 Å². The van der Waals surface area contributed by atoms with Gasteiger partial charge in [-0.3, -0.25) is 14.9 Å². The molecule has 4 nitrogen and oxygen atoms in total. The minimum Gasteiger partial charge on any atom is -0.293 e. The summed E-state index contributed by atoms with van der Waals surface area (Å²) in [6.45, 7) is 1.69. The first kappa shape index (κ1) is 12.6. The number of carbonyl (C=O) groups is 1. The summed E-state index contributed by atoms with van der Waals surface area (Å²) in [6, 6.07) is 4.35. The average Bonchev–Trinajstić information content (AvgIpc) is 2.15. The predicted molar refractivity (Wildman–Crippen MR) is 68.5 cm³/mol. The number of alkyl halides is 1. The first-order chi connectivity index (χ1) is 6.91. The second kappa shape index (κ2) is 5.02. The number of carbonyl (C=O) groups excluding carboxylic acids is 1. The van der Waals surface area contributed by atoms with Crippen molar-refractivity contribution in [2.45, 2.75) is 11.8 Å². The predicted octanol–water partition coefficient (Wildman–Crippen LogP) is 3.17. The molecule has 0 aliphatic carbocycles. The monoisotopic (exact) mass is 383 g/mol. The fraction of sp³-hybridized carbons (Fsp3) is 0.222. The lowest BCUT2D eigenvalue weighted by Gasteiger charge is -2.03. The Balaban J connectivity index is 3.20. The van der Waals surface area contributed by atoms with Crippen LogP contribution in [0.5, 0.6) is 0 Å². The summed E-state index contributed by atoms with van der Waals surface area (Å²) in [6.07, 6.45) is 0. The molecule has 1 rings (SSSR count). The van der Waals surface area contributed by atoms with Gasteiger partial charge in [-0.05, 0) is 35.6 Å². The van der Waals surface area contributed by atoms with Crippen LogP contribution < -0.4 is 0 Å². The van der Waals surface area contributed by atoms with Crippen LogP contribution in [0, 0.1) is 13.7 Å². The highest BCUT2D eigenvalue weighted by Gasteiger charge is 2.16. The molecule has 1 aromatic carbocycles. The molecule has 0 aromatic heterocycles. The number of ketones is 1. The number of rotatable bonds is 3. The quantitative estimate of drug-likeness (QED) is 0.265. The molecule has 0 aliphatic rings. The largest absolute Gasteiger partial charge is 0.293 e. The normalized spacial score (nSPS) is 12.2. The van der Waals surface area contributed by atoms with Crippen molar-refractivity contribution in [3.63, 3.8) is 0 Å². The number of hydrogen-bond acceptors (Lipinski definition) is 3. The van der Waals surface area contributed by atoms with Crippen LogP contribution in [0.1, 0.15) is 17.3 Å². The molecule has 0 spiro atoms. The fourth-order valence-electron chi connectivity index (χ4n) is 1.05. The zero-order chi connectivity index (χ0) is 11.6. The second-order valence-corrected chi connectivity index (χ2v) is 5.55. The van der Waals surface area contributed by atoms with E-state index in [2.05, 4.69) is 15.9 Å². The lowest BCUT2D eigenvalue weighted by Crippen LogP contribution is -2.10. The highest BCUT2D eigenvalue weighted by atomic mass is 127. The molecule has 0 radical (unpaired) electrons. The van der Waals surface area contributed by atoms with E-state index in [0.29, 0.717) is 9.13 Å². The molecule has 80 valence electrons. The number of halogens is 2. The molecule has 0 aliphatic heterocycles. The van der Waals surface area contributed by atoms with Gasteiger partial charge in [0.2, 0.25) is 0 Å². The first-order valence-electron chi connectivity index (χ1n) is 4.05. The highest BCUT2D eigenvalue weighted by molar-refractivity contribution is 14.1. The molecule has 15 heavy (non-hydrogen) atoms. The first-order valence-corrected chi connectivity index (χ1v) is 6.04. The minimum atomic E-state index is -0.502. The van der Waals surface area contributed by atoms with Crippen LogP contribution in [0.15, 0.2) is 18.2 Å². The number of nitrogens with zero attached hydrogens (tertiary/aromatic N) is 1. The molecule has 1 unspecified atom stereocenters. The van der Waals surface area contributed by atoms with E-state index in [1.807, 2.05) is 22.6 Å². The van der Waals surface area contributed by atoms with Crippen molar-refractivity contribution in [1.82, 2.24) is 0 Å². The summed E-state index contributed by atoms with van der Waals surface area (Å²) < 4.78 is 0.679. The van der Waals surface area contributed by atoms with Gasteiger partial charge in [0.05, 0.1) is 9.75 Å². The van der Waals surface area contributed by atoms with Gasteiger partial charge in [0.1, 0.15) is 0 Å². The standard InChI is InChI=1S/C9H7BrINO3/c1-5(10)9(13)6-2-7(11)4-8(3-6)12(14)15/h2-5H,1H3. The smallest absolute Gasteiger partial charge is 0.271 e. The molecule has 6 heteroatoms. The van der Waals surface area contributed by atoms with Gasteiger partial charge in [-0.15, -0.1) is 0 Å². The summed E-state index contributed by atoms with van der Waals surface area (Å²) in [5, 5.41) is 10.6. The van der Waals surface area contributed by atoms with Crippen molar-refractivity contribution >= 4 is 50.0 Å². The molecule has 0 N–H and O–H groups in total. The van der Waals surface area contributed by atoms with Crippen molar-refractivity contribution in [1.29, 1.82) is 0 Å². The molecule has 0 saturated heterocycles. The third-order valence-corrected chi connectivity index (χ3v) is 2.78. The van der Waals surface area contributed by atoms with Crippen LogP contribution in [0.4, 0.5) is 5.69 Å². The molecule has 0 fully saturated rings. The summed E-state index contributed by atoms with van der Waals surface area (Å²) in [5.74, 6) is -0.156. The van der Waals surface area contributed by atoms with Crippen LogP contribution in [0.3, 0.4) is 0 Å². The van der Waals surface area contributed by atoms with Crippen LogP contribution in [0.2, 0.25) is 0 Å². The Morgan fingerprint density at radius 2 is 2.13 bits per heavy atom. The molecular formula is C9H7BrINO3. The number of hydrogen-bond donors (Lipinski definition) is 0. The van der Waals surface area contributed by atoms with Crippen LogP contribution >= 0.6 is 38.5 Å². The zero-order valence-electron chi connectivity index (χ0n) is 7.74. The average molecular weight is 384 g/mol. The van der Waals surface area contributed by atoms with Crippen molar-refractivity contribution in [2.75, 3.05) is 0 Å².